The van der Waals surface area contributed by atoms with E-state index in [4.69, 9.17) is 4.74 Å². The predicted molar refractivity (Wildman–Crippen MR) is 86.2 cm³/mol. The Hall–Kier alpha value is -1.17. The zero-order valence-corrected chi connectivity index (χ0v) is 13.1. The summed E-state index contributed by atoms with van der Waals surface area (Å²) in [6.07, 6.45) is 2.55. The first-order valence-electron chi connectivity index (χ1n) is 6.86. The van der Waals surface area contributed by atoms with Crippen molar-refractivity contribution in [3.8, 4) is 5.75 Å². The Morgan fingerprint density at radius 1 is 1.40 bits per heavy atom. The van der Waals surface area contributed by atoms with Crippen LogP contribution in [0.1, 0.15) is 17.8 Å². The van der Waals surface area contributed by atoms with Crippen molar-refractivity contribution < 1.29 is 4.74 Å². The minimum absolute atomic E-state index is 0.349. The summed E-state index contributed by atoms with van der Waals surface area (Å²) in [7, 11) is 2.02. The third-order valence-corrected chi connectivity index (χ3v) is 5.80. The van der Waals surface area contributed by atoms with Gasteiger partial charge in [0, 0.05) is 17.5 Å². The molecule has 104 valence electrons. The molecule has 2 heterocycles. The Labute approximate surface area is 125 Å². The molecule has 0 bridgehead atoms. The van der Waals surface area contributed by atoms with Gasteiger partial charge in [-0.15, -0.1) is 22.7 Å². The van der Waals surface area contributed by atoms with Gasteiger partial charge >= 0.3 is 0 Å². The second-order valence-corrected chi connectivity index (χ2v) is 7.47. The van der Waals surface area contributed by atoms with E-state index in [9.17, 15) is 0 Å². The van der Waals surface area contributed by atoms with Gasteiger partial charge in [0.25, 0.3) is 0 Å². The lowest BCUT2D eigenvalue weighted by Crippen LogP contribution is -2.45. The van der Waals surface area contributed by atoms with Crippen LogP contribution in [0, 0.1) is 6.92 Å². The zero-order valence-electron chi connectivity index (χ0n) is 11.5. The standard InChI is InChI=1S/C15H16N2OS2/c1-8-17-14-13(20-8)7-12(11-3-4-19-15(11)14)18-10-5-9(6-10)16-2/h3-4,7,9-10,16H,5-6H2,1-2H3. The van der Waals surface area contributed by atoms with Crippen LogP contribution in [-0.2, 0) is 0 Å². The molecule has 1 aliphatic carbocycles. The lowest BCUT2D eigenvalue weighted by Gasteiger charge is -2.35. The van der Waals surface area contributed by atoms with E-state index in [1.54, 1.807) is 22.7 Å². The molecule has 0 amide bonds. The van der Waals surface area contributed by atoms with Crippen LogP contribution in [0.5, 0.6) is 5.75 Å². The van der Waals surface area contributed by atoms with Gasteiger partial charge in [0.15, 0.2) is 0 Å². The fourth-order valence-electron chi connectivity index (χ4n) is 2.76. The van der Waals surface area contributed by atoms with E-state index in [0.29, 0.717) is 12.1 Å². The Morgan fingerprint density at radius 3 is 3.05 bits per heavy atom. The fraction of sp³-hybridized carbons (Fsp3) is 0.400. The van der Waals surface area contributed by atoms with E-state index < -0.39 is 0 Å². The minimum Gasteiger partial charge on any atom is -0.490 e. The molecule has 1 N–H and O–H groups in total. The number of benzene rings is 1. The van der Waals surface area contributed by atoms with Crippen LogP contribution in [0.25, 0.3) is 20.3 Å². The number of hydrogen-bond donors (Lipinski definition) is 1. The van der Waals surface area contributed by atoms with Crippen LogP contribution in [0.4, 0.5) is 0 Å². The third kappa shape index (κ3) is 1.92. The summed E-state index contributed by atoms with van der Waals surface area (Å²) in [5, 5.41) is 7.75. The van der Waals surface area contributed by atoms with Crippen LogP contribution in [0.15, 0.2) is 17.5 Å². The van der Waals surface area contributed by atoms with Gasteiger partial charge in [0.2, 0.25) is 0 Å². The maximum Gasteiger partial charge on any atom is 0.129 e. The normalized spacial score (nSPS) is 22.3. The minimum atomic E-state index is 0.349. The molecule has 1 aliphatic rings. The molecule has 0 saturated heterocycles. The molecule has 3 nitrogen and oxygen atoms in total. The van der Waals surface area contributed by atoms with Crippen LogP contribution in [-0.4, -0.2) is 24.2 Å². The highest BCUT2D eigenvalue weighted by atomic mass is 32.1. The number of aromatic nitrogens is 1. The molecule has 1 fully saturated rings. The number of rotatable bonds is 3. The summed E-state index contributed by atoms with van der Waals surface area (Å²) < 4.78 is 8.71. The molecule has 0 aliphatic heterocycles. The first-order valence-corrected chi connectivity index (χ1v) is 8.55. The molecule has 2 aromatic heterocycles. The van der Waals surface area contributed by atoms with Gasteiger partial charge in [-0.05, 0) is 38.3 Å². The molecule has 1 aromatic carbocycles. The summed E-state index contributed by atoms with van der Waals surface area (Å²) in [4.78, 5) is 4.66. The van der Waals surface area contributed by atoms with E-state index in [1.165, 1.54) is 14.8 Å². The summed E-state index contributed by atoms with van der Waals surface area (Å²) >= 11 is 3.50. The molecule has 1 saturated carbocycles. The van der Waals surface area contributed by atoms with Crippen LogP contribution in [0.3, 0.4) is 0 Å². The van der Waals surface area contributed by atoms with Crippen molar-refractivity contribution in [1.29, 1.82) is 0 Å². The first-order chi connectivity index (χ1) is 9.74. The molecule has 0 radical (unpaired) electrons. The van der Waals surface area contributed by atoms with E-state index in [-0.39, 0.29) is 0 Å². The van der Waals surface area contributed by atoms with Gasteiger partial charge in [-0.2, -0.15) is 0 Å². The van der Waals surface area contributed by atoms with Crippen molar-refractivity contribution in [3.05, 3.63) is 22.5 Å². The molecule has 3 aromatic rings. The van der Waals surface area contributed by atoms with Gasteiger partial charge in [-0.1, -0.05) is 0 Å². The van der Waals surface area contributed by atoms with Crippen molar-refractivity contribution in [2.75, 3.05) is 7.05 Å². The number of hydrogen-bond acceptors (Lipinski definition) is 5. The van der Waals surface area contributed by atoms with Crippen LogP contribution >= 0.6 is 22.7 Å². The SMILES string of the molecule is CNC1CC(Oc2cc3sc(C)nc3c3sccc23)C1. The van der Waals surface area contributed by atoms with Gasteiger partial charge in [-0.3, -0.25) is 0 Å². The van der Waals surface area contributed by atoms with Gasteiger partial charge < -0.3 is 10.1 Å². The number of ether oxygens (including phenoxy) is 1. The van der Waals surface area contributed by atoms with E-state index >= 15 is 0 Å². The molecule has 0 atom stereocenters. The number of nitrogens with one attached hydrogen (secondary N) is 1. The Bertz CT molecular complexity index is 771. The molecular formula is C15H16N2OS2. The average molecular weight is 304 g/mol. The van der Waals surface area contributed by atoms with Crippen molar-refractivity contribution in [2.45, 2.75) is 31.9 Å². The zero-order chi connectivity index (χ0) is 13.7. The van der Waals surface area contributed by atoms with Crippen LogP contribution < -0.4 is 10.1 Å². The third-order valence-electron chi connectivity index (χ3n) is 3.96. The smallest absolute Gasteiger partial charge is 0.129 e. The van der Waals surface area contributed by atoms with Crippen molar-refractivity contribution in [1.82, 2.24) is 10.3 Å². The monoisotopic (exact) mass is 304 g/mol. The van der Waals surface area contributed by atoms with E-state index in [0.717, 1.165) is 29.1 Å². The molecule has 20 heavy (non-hydrogen) atoms. The molecule has 5 heteroatoms. The number of nitrogens with zero attached hydrogens (tertiary/aromatic N) is 1. The van der Waals surface area contributed by atoms with Gasteiger partial charge in [0.05, 0.1) is 19.9 Å². The second-order valence-electron chi connectivity index (χ2n) is 5.31. The maximum atomic E-state index is 6.22. The van der Waals surface area contributed by atoms with Crippen molar-refractivity contribution >= 4 is 43.0 Å². The quantitative estimate of drug-likeness (QED) is 0.795. The molecule has 0 spiro atoms. The van der Waals surface area contributed by atoms with E-state index in [1.807, 2.05) is 7.05 Å². The highest BCUT2D eigenvalue weighted by Crippen LogP contribution is 2.40. The van der Waals surface area contributed by atoms with Crippen molar-refractivity contribution in [3.63, 3.8) is 0 Å². The largest absolute Gasteiger partial charge is 0.490 e. The van der Waals surface area contributed by atoms with Gasteiger partial charge in [-0.25, -0.2) is 4.98 Å². The highest BCUT2D eigenvalue weighted by molar-refractivity contribution is 7.21. The number of fused-ring (bicyclic) bond motifs is 3. The van der Waals surface area contributed by atoms with E-state index in [2.05, 4.69) is 34.7 Å². The number of thiophene rings is 1. The Balaban J connectivity index is 1.75. The summed E-state index contributed by atoms with van der Waals surface area (Å²) in [5.74, 6) is 1.02. The number of aryl methyl sites for hydroxylation is 1. The average Bonchev–Trinajstić information content (AvgIpc) is 2.97. The second kappa shape index (κ2) is 4.69. The Morgan fingerprint density at radius 2 is 2.25 bits per heavy atom. The maximum absolute atomic E-state index is 6.22. The van der Waals surface area contributed by atoms with Crippen LogP contribution in [0.2, 0.25) is 0 Å². The summed E-state index contributed by atoms with van der Waals surface area (Å²) in [5.41, 5.74) is 1.13. The summed E-state index contributed by atoms with van der Waals surface area (Å²) in [6, 6.07) is 4.94. The number of thiazole rings is 1. The fourth-order valence-corrected chi connectivity index (χ4v) is 4.59. The molecule has 4 rings (SSSR count). The van der Waals surface area contributed by atoms with Gasteiger partial charge in [0.1, 0.15) is 11.9 Å². The molecular weight excluding hydrogens is 288 g/mol. The molecule has 0 unspecified atom stereocenters. The highest BCUT2D eigenvalue weighted by Gasteiger charge is 2.30. The summed E-state index contributed by atoms with van der Waals surface area (Å²) in [6.45, 7) is 2.06. The Kier molecular flexibility index (Phi) is 2.94. The van der Waals surface area contributed by atoms with Crippen molar-refractivity contribution in [2.24, 2.45) is 0 Å². The predicted octanol–water partition coefficient (Wildman–Crippen LogP) is 3.95. The topological polar surface area (TPSA) is 34.1 Å². The lowest BCUT2D eigenvalue weighted by molar-refractivity contribution is 0.0902. The lowest BCUT2D eigenvalue weighted by atomic mass is 9.89. The first kappa shape index (κ1) is 12.6.